The molecule has 1 aromatic rings. The minimum absolute atomic E-state index is 0. The van der Waals surface area contributed by atoms with Gasteiger partial charge in [0.15, 0.2) is 5.96 Å². The zero-order chi connectivity index (χ0) is 17.0. The van der Waals surface area contributed by atoms with Crippen LogP contribution >= 0.6 is 35.3 Å². The lowest BCUT2D eigenvalue weighted by Crippen LogP contribution is -2.39. The average Bonchev–Trinajstić information content (AvgIpc) is 3.15. The van der Waals surface area contributed by atoms with E-state index in [1.165, 1.54) is 37.0 Å². The molecule has 1 amide bonds. The summed E-state index contributed by atoms with van der Waals surface area (Å²) < 4.78 is 0. The molecule has 1 aromatic heterocycles. The molecule has 1 aliphatic carbocycles. The maximum Gasteiger partial charge on any atom is 0.261 e. The molecule has 1 aliphatic rings. The van der Waals surface area contributed by atoms with E-state index in [2.05, 4.69) is 27.0 Å². The Kier molecular flexibility index (Phi) is 11.6. The maximum atomic E-state index is 11.8. The molecule has 140 valence electrons. The minimum atomic E-state index is 0. The molecule has 0 radical (unpaired) electrons. The van der Waals surface area contributed by atoms with Gasteiger partial charge in [0.2, 0.25) is 0 Å². The van der Waals surface area contributed by atoms with Gasteiger partial charge in [0.25, 0.3) is 5.91 Å². The Labute approximate surface area is 171 Å². The van der Waals surface area contributed by atoms with Gasteiger partial charge in [-0.2, -0.15) is 0 Å². The first-order valence-electron chi connectivity index (χ1n) is 8.73. The molecule has 0 aliphatic heterocycles. The summed E-state index contributed by atoms with van der Waals surface area (Å²) in [5.74, 6) is 0.837. The third kappa shape index (κ3) is 8.71. The second kappa shape index (κ2) is 13.2. The molecule has 3 N–H and O–H groups in total. The fourth-order valence-corrected chi connectivity index (χ4v) is 3.33. The fourth-order valence-electron chi connectivity index (χ4n) is 2.69. The van der Waals surface area contributed by atoms with Crippen LogP contribution in [0.1, 0.15) is 48.2 Å². The van der Waals surface area contributed by atoms with Gasteiger partial charge in [-0.25, -0.2) is 0 Å². The fraction of sp³-hybridized carbons (Fsp3) is 0.556. The van der Waals surface area contributed by atoms with Gasteiger partial charge in [-0.05, 0) is 50.0 Å². The van der Waals surface area contributed by atoms with Gasteiger partial charge in [0.05, 0.1) is 4.88 Å². The topological polar surface area (TPSA) is 65.5 Å². The van der Waals surface area contributed by atoms with E-state index in [0.717, 1.165) is 36.8 Å². The summed E-state index contributed by atoms with van der Waals surface area (Å²) in [6.45, 7) is 2.36. The molecule has 0 unspecified atom stereocenters. The summed E-state index contributed by atoms with van der Waals surface area (Å²) in [6.07, 6.45) is 9.49. The summed E-state index contributed by atoms with van der Waals surface area (Å²) in [5, 5.41) is 11.5. The molecule has 0 atom stereocenters. The lowest BCUT2D eigenvalue weighted by Gasteiger charge is -2.15. The van der Waals surface area contributed by atoms with Crippen LogP contribution in [0.3, 0.4) is 0 Å². The smallest absolute Gasteiger partial charge is 0.261 e. The predicted molar refractivity (Wildman–Crippen MR) is 117 cm³/mol. The molecule has 1 heterocycles. The number of carbonyl (C=O) groups excluding carboxylic acids is 1. The van der Waals surface area contributed by atoms with Crippen LogP contribution in [-0.4, -0.2) is 38.5 Å². The monoisotopic (exact) mass is 476 g/mol. The quantitative estimate of drug-likeness (QED) is 0.177. The molecule has 25 heavy (non-hydrogen) atoms. The van der Waals surface area contributed by atoms with Crippen LogP contribution in [0, 0.1) is 0 Å². The van der Waals surface area contributed by atoms with E-state index in [4.69, 9.17) is 0 Å². The van der Waals surface area contributed by atoms with E-state index in [0.29, 0.717) is 6.54 Å². The van der Waals surface area contributed by atoms with Crippen molar-refractivity contribution < 1.29 is 4.79 Å². The van der Waals surface area contributed by atoms with Crippen LogP contribution in [0.5, 0.6) is 0 Å². The van der Waals surface area contributed by atoms with Crippen molar-refractivity contribution >= 4 is 47.2 Å². The SMILES string of the molecule is CN=C(NCCCNC(=O)c1cccs1)NCCC1=CCCCC1.I. The lowest BCUT2D eigenvalue weighted by atomic mass is 9.97. The van der Waals surface area contributed by atoms with Gasteiger partial charge in [0.1, 0.15) is 0 Å². The van der Waals surface area contributed by atoms with Crippen molar-refractivity contribution in [2.45, 2.75) is 38.5 Å². The number of halogens is 1. The zero-order valence-corrected chi connectivity index (χ0v) is 18.0. The summed E-state index contributed by atoms with van der Waals surface area (Å²) in [7, 11) is 1.79. The van der Waals surface area contributed by atoms with Crippen LogP contribution in [0.2, 0.25) is 0 Å². The van der Waals surface area contributed by atoms with Crippen molar-refractivity contribution in [1.82, 2.24) is 16.0 Å². The number of amides is 1. The molecule has 7 heteroatoms. The highest BCUT2D eigenvalue weighted by molar-refractivity contribution is 14.0. The van der Waals surface area contributed by atoms with Crippen molar-refractivity contribution in [3.63, 3.8) is 0 Å². The molecule has 0 fully saturated rings. The summed E-state index contributed by atoms with van der Waals surface area (Å²) in [4.78, 5) is 16.8. The Morgan fingerprint density at radius 1 is 1.20 bits per heavy atom. The van der Waals surface area contributed by atoms with E-state index in [1.54, 1.807) is 12.6 Å². The van der Waals surface area contributed by atoms with E-state index in [-0.39, 0.29) is 29.9 Å². The van der Waals surface area contributed by atoms with E-state index in [1.807, 2.05) is 17.5 Å². The Hall–Kier alpha value is -1.09. The van der Waals surface area contributed by atoms with Crippen molar-refractivity contribution in [2.24, 2.45) is 4.99 Å². The summed E-state index contributed by atoms with van der Waals surface area (Å²) in [6, 6.07) is 3.73. The molecule has 2 rings (SSSR count). The first-order chi connectivity index (χ1) is 11.8. The molecule has 0 bridgehead atoms. The van der Waals surface area contributed by atoms with Crippen molar-refractivity contribution in [1.29, 1.82) is 0 Å². The minimum Gasteiger partial charge on any atom is -0.356 e. The van der Waals surface area contributed by atoms with Crippen LogP contribution in [-0.2, 0) is 0 Å². The molecule has 0 saturated heterocycles. The zero-order valence-electron chi connectivity index (χ0n) is 14.8. The number of carbonyl (C=O) groups is 1. The van der Waals surface area contributed by atoms with Gasteiger partial charge in [-0.3, -0.25) is 9.79 Å². The van der Waals surface area contributed by atoms with Gasteiger partial charge in [0, 0.05) is 26.7 Å². The van der Waals surface area contributed by atoms with Gasteiger partial charge in [-0.15, -0.1) is 35.3 Å². The standard InChI is InChI=1S/C18H28N4OS.HI/c1-19-18(22-13-10-15-7-3-2-4-8-15)21-12-6-11-20-17(23)16-9-5-14-24-16;/h5,7,9,14H,2-4,6,8,10-13H2,1H3,(H,20,23)(H2,19,21,22);1H. The third-order valence-electron chi connectivity index (χ3n) is 4.02. The second-order valence-corrected chi connectivity index (χ2v) is 6.82. The number of aliphatic imine (C=N–C) groups is 1. The normalized spacial score (nSPS) is 14.3. The summed E-state index contributed by atoms with van der Waals surface area (Å²) >= 11 is 1.46. The first-order valence-corrected chi connectivity index (χ1v) is 9.61. The number of hydrogen-bond acceptors (Lipinski definition) is 3. The summed E-state index contributed by atoms with van der Waals surface area (Å²) in [5.41, 5.74) is 1.57. The predicted octanol–water partition coefficient (Wildman–Crippen LogP) is 3.54. The van der Waals surface area contributed by atoms with Gasteiger partial charge >= 0.3 is 0 Å². The number of hydrogen-bond donors (Lipinski definition) is 3. The number of rotatable bonds is 8. The number of nitrogens with one attached hydrogen (secondary N) is 3. The molecule has 5 nitrogen and oxygen atoms in total. The lowest BCUT2D eigenvalue weighted by molar-refractivity contribution is 0.0957. The Morgan fingerprint density at radius 2 is 2.00 bits per heavy atom. The number of allylic oxidation sites excluding steroid dienone is 1. The first kappa shape index (κ1) is 22.0. The van der Waals surface area contributed by atoms with Crippen molar-refractivity contribution in [3.8, 4) is 0 Å². The molecule has 0 aromatic carbocycles. The molecule has 0 spiro atoms. The van der Waals surface area contributed by atoms with Crippen LogP contribution in [0.25, 0.3) is 0 Å². The largest absolute Gasteiger partial charge is 0.356 e. The maximum absolute atomic E-state index is 11.8. The van der Waals surface area contributed by atoms with E-state index in [9.17, 15) is 4.79 Å². The highest BCUT2D eigenvalue weighted by Gasteiger charge is 2.05. The number of nitrogens with zero attached hydrogens (tertiary/aromatic N) is 1. The van der Waals surface area contributed by atoms with Gasteiger partial charge < -0.3 is 16.0 Å². The molecular weight excluding hydrogens is 447 g/mol. The number of guanidine groups is 1. The van der Waals surface area contributed by atoms with Crippen LogP contribution in [0.4, 0.5) is 0 Å². The second-order valence-electron chi connectivity index (χ2n) is 5.87. The number of thiophene rings is 1. The molecule has 0 saturated carbocycles. The van der Waals surface area contributed by atoms with Crippen molar-refractivity contribution in [3.05, 3.63) is 34.0 Å². The molecular formula is C18H29IN4OS. The highest BCUT2D eigenvalue weighted by atomic mass is 127. The van der Waals surface area contributed by atoms with E-state index < -0.39 is 0 Å². The van der Waals surface area contributed by atoms with E-state index >= 15 is 0 Å². The average molecular weight is 476 g/mol. The van der Waals surface area contributed by atoms with Crippen molar-refractivity contribution in [2.75, 3.05) is 26.7 Å². The van der Waals surface area contributed by atoms with Crippen LogP contribution in [0.15, 0.2) is 34.2 Å². The van der Waals surface area contributed by atoms with Gasteiger partial charge in [-0.1, -0.05) is 17.7 Å². The Bertz CT molecular complexity index is 557. The highest BCUT2D eigenvalue weighted by Crippen LogP contribution is 2.19. The third-order valence-corrected chi connectivity index (χ3v) is 4.89. The van der Waals surface area contributed by atoms with Crippen LogP contribution < -0.4 is 16.0 Å². The Balaban J connectivity index is 0.00000312. The Morgan fingerprint density at radius 3 is 2.68 bits per heavy atom.